The van der Waals surface area contributed by atoms with Crippen molar-refractivity contribution in [2.45, 2.75) is 161 Å². The van der Waals surface area contributed by atoms with Gasteiger partial charge in [0.25, 0.3) is 0 Å². The van der Waals surface area contributed by atoms with Crippen molar-refractivity contribution in [3.8, 4) is 0 Å². The Morgan fingerprint density at radius 3 is 1.44 bits per heavy atom. The number of hydrogen-bond acceptors (Lipinski definition) is 8. The number of carbonyl (C=O) groups excluding carboxylic acids is 2. The van der Waals surface area contributed by atoms with Gasteiger partial charge in [0.1, 0.15) is 6.61 Å². The van der Waals surface area contributed by atoms with Crippen molar-refractivity contribution in [1.29, 1.82) is 0 Å². The number of esters is 2. The van der Waals surface area contributed by atoms with Crippen molar-refractivity contribution in [3.05, 3.63) is 85.1 Å². The third-order valence-corrected chi connectivity index (χ3v) is 9.24. The monoisotopic (exact) mass is 790 g/mol. The van der Waals surface area contributed by atoms with Crippen molar-refractivity contribution < 1.29 is 37.6 Å². The smallest absolute Gasteiger partial charge is 0.462 e. The molecule has 0 aliphatic rings. The minimum Gasteiger partial charge on any atom is -0.462 e. The number of ether oxygens (including phenoxy) is 2. The van der Waals surface area contributed by atoms with E-state index in [9.17, 15) is 19.0 Å². The molecule has 2 atom stereocenters. The summed E-state index contributed by atoms with van der Waals surface area (Å²) in [5, 5.41) is 0. The summed E-state index contributed by atoms with van der Waals surface area (Å²) in [5.41, 5.74) is 5.34. The molecule has 0 spiro atoms. The van der Waals surface area contributed by atoms with E-state index in [4.69, 9.17) is 24.3 Å². The predicted molar refractivity (Wildman–Crippen MR) is 229 cm³/mol. The van der Waals surface area contributed by atoms with Crippen LogP contribution in [0.15, 0.2) is 85.1 Å². The highest BCUT2D eigenvalue weighted by Crippen LogP contribution is 2.43. The molecule has 0 aromatic rings. The summed E-state index contributed by atoms with van der Waals surface area (Å²) >= 11 is 0. The van der Waals surface area contributed by atoms with Crippen LogP contribution in [0.2, 0.25) is 0 Å². The zero-order chi connectivity index (χ0) is 40.3. The summed E-state index contributed by atoms with van der Waals surface area (Å²) in [7, 11) is -4.40. The van der Waals surface area contributed by atoms with E-state index in [-0.39, 0.29) is 32.6 Å². The third kappa shape index (κ3) is 40.7. The summed E-state index contributed by atoms with van der Waals surface area (Å²) in [6.45, 7) is 3.56. The van der Waals surface area contributed by atoms with Crippen LogP contribution in [0.3, 0.4) is 0 Å². The fourth-order valence-electron chi connectivity index (χ4n) is 5.10. The molecule has 0 radical (unpaired) electrons. The lowest BCUT2D eigenvalue weighted by Gasteiger charge is -2.19. The number of rotatable bonds is 38. The highest BCUT2D eigenvalue weighted by Gasteiger charge is 2.25. The fourth-order valence-corrected chi connectivity index (χ4v) is 5.87. The van der Waals surface area contributed by atoms with Gasteiger partial charge in [-0.3, -0.25) is 18.6 Å². The average molecular weight is 790 g/mol. The van der Waals surface area contributed by atoms with E-state index in [1.54, 1.807) is 0 Å². The number of unbranched alkanes of at least 4 members (excludes halogenated alkanes) is 11. The van der Waals surface area contributed by atoms with Gasteiger partial charge >= 0.3 is 19.8 Å². The molecule has 0 aliphatic heterocycles. The number of nitrogens with two attached hydrogens (primary N) is 1. The topological polar surface area (TPSA) is 134 Å². The Hall–Kier alpha value is -2.81. The molecule has 0 aromatic carbocycles. The maximum absolute atomic E-state index is 12.5. The highest BCUT2D eigenvalue weighted by atomic mass is 31.2. The highest BCUT2D eigenvalue weighted by molar-refractivity contribution is 7.47. The Balaban J connectivity index is 4.34. The largest absolute Gasteiger partial charge is 0.472 e. The minimum atomic E-state index is -4.40. The lowest BCUT2D eigenvalue weighted by molar-refractivity contribution is -0.161. The Morgan fingerprint density at radius 1 is 0.545 bits per heavy atom. The van der Waals surface area contributed by atoms with Gasteiger partial charge in [0.05, 0.1) is 13.2 Å². The van der Waals surface area contributed by atoms with Gasteiger partial charge in [-0.1, -0.05) is 137 Å². The molecular weight excluding hydrogens is 713 g/mol. The normalized spacial score (nSPS) is 14.2. The molecule has 314 valence electrons. The van der Waals surface area contributed by atoms with Crippen molar-refractivity contribution in [2.24, 2.45) is 5.73 Å². The first-order valence-corrected chi connectivity index (χ1v) is 22.6. The molecule has 3 N–H and O–H groups in total. The van der Waals surface area contributed by atoms with Crippen LogP contribution >= 0.6 is 7.82 Å². The van der Waals surface area contributed by atoms with E-state index in [1.807, 2.05) is 6.08 Å². The van der Waals surface area contributed by atoms with E-state index in [0.29, 0.717) is 19.3 Å². The third-order valence-electron chi connectivity index (χ3n) is 8.25. The molecule has 0 aromatic heterocycles. The summed E-state index contributed by atoms with van der Waals surface area (Å²) < 4.78 is 32.7. The fraction of sp³-hybridized carbons (Fsp3) is 0.644. The number of phosphoric acid groups is 1. The van der Waals surface area contributed by atoms with Crippen LogP contribution in [0.25, 0.3) is 0 Å². The van der Waals surface area contributed by atoms with E-state index in [1.165, 1.54) is 51.4 Å². The standard InChI is InChI=1S/C45H76NO8P/c1-3-5-7-9-11-13-15-17-19-21-23-25-27-29-31-33-35-37-44(47)51-41-43(42-53-55(49,50)52-40-39-46)54-45(48)38-36-34-32-30-28-26-24-22-20-18-16-14-12-10-8-6-4-2/h11-14,17-20,23-26,30,32,43H,3-10,15-16,21-22,27-29,31,33-42,46H2,1-2H3,(H,49,50)/b13-11+,14-12+,19-17+,20-18+,25-23+,26-24+,32-30+/t43-/m1/s1. The number of carbonyl (C=O) groups is 2. The van der Waals surface area contributed by atoms with Crippen molar-refractivity contribution >= 4 is 19.8 Å². The van der Waals surface area contributed by atoms with E-state index in [2.05, 4.69) is 92.8 Å². The molecule has 0 bridgehead atoms. The van der Waals surface area contributed by atoms with Gasteiger partial charge in [-0.25, -0.2) is 4.57 Å². The predicted octanol–water partition coefficient (Wildman–Crippen LogP) is 12.0. The molecule has 9 nitrogen and oxygen atoms in total. The molecule has 0 aliphatic carbocycles. The lowest BCUT2D eigenvalue weighted by atomic mass is 10.1. The van der Waals surface area contributed by atoms with E-state index in [0.717, 1.165) is 57.8 Å². The Morgan fingerprint density at radius 2 is 0.964 bits per heavy atom. The molecule has 0 saturated heterocycles. The molecule has 55 heavy (non-hydrogen) atoms. The Kier molecular flexibility index (Phi) is 38.8. The van der Waals surface area contributed by atoms with Gasteiger partial charge in [0.15, 0.2) is 6.10 Å². The Bertz CT molecular complexity index is 1170. The van der Waals surface area contributed by atoms with Gasteiger partial charge in [-0.05, 0) is 89.9 Å². The van der Waals surface area contributed by atoms with E-state index >= 15 is 0 Å². The first-order valence-electron chi connectivity index (χ1n) is 21.1. The maximum Gasteiger partial charge on any atom is 0.472 e. The molecule has 0 rings (SSSR count). The summed E-state index contributed by atoms with van der Waals surface area (Å²) in [6.07, 6.45) is 50.4. The zero-order valence-electron chi connectivity index (χ0n) is 34.4. The maximum atomic E-state index is 12.5. The van der Waals surface area contributed by atoms with E-state index < -0.39 is 32.5 Å². The van der Waals surface area contributed by atoms with Crippen LogP contribution in [0.5, 0.6) is 0 Å². The Labute approximate surface area is 334 Å². The second-order valence-electron chi connectivity index (χ2n) is 13.5. The van der Waals surface area contributed by atoms with Crippen LogP contribution in [0.4, 0.5) is 0 Å². The number of phosphoric ester groups is 1. The first-order chi connectivity index (χ1) is 26.8. The van der Waals surface area contributed by atoms with Crippen molar-refractivity contribution in [3.63, 3.8) is 0 Å². The summed E-state index contributed by atoms with van der Waals surface area (Å²) in [6, 6.07) is 0. The van der Waals surface area contributed by atoms with Gasteiger partial charge in [0, 0.05) is 19.4 Å². The number of allylic oxidation sites excluding steroid dienone is 14. The van der Waals surface area contributed by atoms with Crippen LogP contribution in [0, 0.1) is 0 Å². The second kappa shape index (κ2) is 40.8. The quantitative estimate of drug-likeness (QED) is 0.0271. The van der Waals surface area contributed by atoms with Gasteiger partial charge in [-0.2, -0.15) is 0 Å². The lowest BCUT2D eigenvalue weighted by Crippen LogP contribution is -2.29. The minimum absolute atomic E-state index is 0.0370. The van der Waals surface area contributed by atoms with Crippen LogP contribution < -0.4 is 5.73 Å². The second-order valence-corrected chi connectivity index (χ2v) is 14.9. The molecule has 1 unspecified atom stereocenters. The van der Waals surface area contributed by atoms with Crippen molar-refractivity contribution in [1.82, 2.24) is 0 Å². The molecule has 0 saturated carbocycles. The molecule has 10 heteroatoms. The first kappa shape index (κ1) is 52.2. The number of hydrogen-bond donors (Lipinski definition) is 2. The molecule has 0 amide bonds. The van der Waals surface area contributed by atoms with Gasteiger partial charge in [-0.15, -0.1) is 0 Å². The molecule has 0 heterocycles. The van der Waals surface area contributed by atoms with Gasteiger partial charge < -0.3 is 20.1 Å². The van der Waals surface area contributed by atoms with Crippen molar-refractivity contribution in [2.75, 3.05) is 26.4 Å². The van der Waals surface area contributed by atoms with Crippen LogP contribution in [-0.4, -0.2) is 49.3 Å². The molecular formula is C45H76NO8P. The molecule has 0 fully saturated rings. The zero-order valence-corrected chi connectivity index (χ0v) is 35.3. The summed E-state index contributed by atoms with van der Waals surface area (Å²) in [5.74, 6) is -0.929. The SMILES string of the molecule is CCCCC/C=C/C/C=C/C/C=C/C/C=C/CCCC(=O)O[C@H](COC(=O)CCCCCC/C=C/C/C=C/C/C=C/CCCCC)COP(=O)(O)OCCN. The summed E-state index contributed by atoms with van der Waals surface area (Å²) in [4.78, 5) is 34.8. The van der Waals surface area contributed by atoms with Crippen LogP contribution in [0.1, 0.15) is 155 Å². The van der Waals surface area contributed by atoms with Gasteiger partial charge in [0.2, 0.25) is 0 Å². The van der Waals surface area contributed by atoms with Crippen LogP contribution in [-0.2, 0) is 32.7 Å². The average Bonchev–Trinajstić information content (AvgIpc) is 3.17.